The van der Waals surface area contributed by atoms with Crippen LogP contribution < -0.4 is 5.32 Å². The predicted octanol–water partition coefficient (Wildman–Crippen LogP) is 2.05. The van der Waals surface area contributed by atoms with E-state index < -0.39 is 0 Å². The summed E-state index contributed by atoms with van der Waals surface area (Å²) < 4.78 is 0. The SMILES string of the molecule is CN1CCN(C(=O)NC2CCCC2)CC12CCC(=O)N(CC1CC1)CC2. The second kappa shape index (κ2) is 7.37. The van der Waals surface area contributed by atoms with Crippen molar-refractivity contribution in [2.45, 2.75) is 69.4 Å². The lowest BCUT2D eigenvalue weighted by Crippen LogP contribution is -2.63. The Kier molecular flexibility index (Phi) is 5.13. The molecule has 2 aliphatic heterocycles. The largest absolute Gasteiger partial charge is 0.342 e. The van der Waals surface area contributed by atoms with Crippen molar-refractivity contribution in [1.29, 1.82) is 0 Å². The highest BCUT2D eigenvalue weighted by Crippen LogP contribution is 2.35. The van der Waals surface area contributed by atoms with Gasteiger partial charge in [0.1, 0.15) is 0 Å². The van der Waals surface area contributed by atoms with Gasteiger partial charge in [-0.15, -0.1) is 0 Å². The number of likely N-dealkylation sites (tertiary alicyclic amines) is 1. The fourth-order valence-corrected chi connectivity index (χ4v) is 5.01. The average molecular weight is 363 g/mol. The molecule has 1 unspecified atom stereocenters. The van der Waals surface area contributed by atoms with Crippen molar-refractivity contribution in [2.75, 3.05) is 39.8 Å². The number of likely N-dealkylation sites (N-methyl/N-ethyl adjacent to an activating group) is 1. The summed E-state index contributed by atoms with van der Waals surface area (Å²) in [6.45, 7) is 4.24. The molecule has 1 N–H and O–H groups in total. The summed E-state index contributed by atoms with van der Waals surface area (Å²) in [7, 11) is 2.17. The third kappa shape index (κ3) is 3.85. The smallest absolute Gasteiger partial charge is 0.317 e. The molecule has 146 valence electrons. The Morgan fingerprint density at radius 2 is 1.88 bits per heavy atom. The molecule has 6 nitrogen and oxygen atoms in total. The molecule has 2 aliphatic carbocycles. The number of rotatable bonds is 3. The zero-order valence-electron chi connectivity index (χ0n) is 16.2. The Bertz CT molecular complexity index is 544. The van der Waals surface area contributed by atoms with E-state index in [1.54, 1.807) is 0 Å². The number of hydrogen-bond acceptors (Lipinski definition) is 3. The van der Waals surface area contributed by atoms with Crippen LogP contribution in [0.25, 0.3) is 0 Å². The summed E-state index contributed by atoms with van der Waals surface area (Å²) in [6, 6.07) is 0.470. The van der Waals surface area contributed by atoms with E-state index in [4.69, 9.17) is 0 Å². The van der Waals surface area contributed by atoms with Gasteiger partial charge in [-0.25, -0.2) is 4.79 Å². The number of hydrogen-bond donors (Lipinski definition) is 1. The van der Waals surface area contributed by atoms with E-state index in [0.717, 1.165) is 64.3 Å². The number of amides is 3. The summed E-state index contributed by atoms with van der Waals surface area (Å²) in [5.41, 5.74) is -0.0424. The van der Waals surface area contributed by atoms with Crippen LogP contribution in [0.2, 0.25) is 0 Å². The number of carbonyl (C=O) groups excluding carboxylic acids is 2. The molecule has 4 fully saturated rings. The quantitative estimate of drug-likeness (QED) is 0.836. The molecule has 1 spiro atoms. The van der Waals surface area contributed by atoms with E-state index >= 15 is 0 Å². The summed E-state index contributed by atoms with van der Waals surface area (Å²) in [5, 5.41) is 3.24. The minimum Gasteiger partial charge on any atom is -0.342 e. The molecular formula is C20H34N4O2. The van der Waals surface area contributed by atoms with E-state index in [1.165, 1.54) is 25.7 Å². The molecule has 3 amide bonds. The summed E-state index contributed by atoms with van der Waals surface area (Å²) >= 11 is 0. The second-order valence-electron chi connectivity index (χ2n) is 9.03. The maximum absolute atomic E-state index is 12.8. The monoisotopic (exact) mass is 362 g/mol. The maximum Gasteiger partial charge on any atom is 0.317 e. The fraction of sp³-hybridized carbons (Fsp3) is 0.900. The zero-order chi connectivity index (χ0) is 18.1. The standard InChI is InChI=1S/C20H34N4O2/c1-22-12-13-24(19(26)21-17-4-2-3-5-17)15-20(22)9-8-18(25)23(11-10-20)14-16-6-7-16/h16-17H,2-15H2,1H3,(H,21,26). The molecule has 1 atom stereocenters. The van der Waals surface area contributed by atoms with Gasteiger partial charge in [0.25, 0.3) is 0 Å². The van der Waals surface area contributed by atoms with Gasteiger partial charge < -0.3 is 15.1 Å². The van der Waals surface area contributed by atoms with Crippen LogP contribution in [-0.4, -0.2) is 78.0 Å². The zero-order valence-corrected chi connectivity index (χ0v) is 16.2. The van der Waals surface area contributed by atoms with Crippen LogP contribution in [0.1, 0.15) is 57.8 Å². The van der Waals surface area contributed by atoms with Crippen LogP contribution in [0.5, 0.6) is 0 Å². The van der Waals surface area contributed by atoms with Gasteiger partial charge >= 0.3 is 6.03 Å². The van der Waals surface area contributed by atoms with Gasteiger partial charge in [-0.05, 0) is 51.5 Å². The molecule has 4 rings (SSSR count). The Hall–Kier alpha value is -1.30. The summed E-state index contributed by atoms with van der Waals surface area (Å²) in [5.74, 6) is 1.06. The number of nitrogens with one attached hydrogen (secondary N) is 1. The summed E-state index contributed by atoms with van der Waals surface area (Å²) in [4.78, 5) is 31.9. The van der Waals surface area contributed by atoms with Gasteiger partial charge in [-0.1, -0.05) is 12.8 Å². The molecule has 0 bridgehead atoms. The highest BCUT2D eigenvalue weighted by molar-refractivity contribution is 5.77. The van der Waals surface area contributed by atoms with E-state index in [2.05, 4.69) is 22.2 Å². The van der Waals surface area contributed by atoms with Gasteiger partial charge in [-0.3, -0.25) is 9.69 Å². The first-order valence-electron chi connectivity index (χ1n) is 10.6. The van der Waals surface area contributed by atoms with Gasteiger partial charge in [-0.2, -0.15) is 0 Å². The topological polar surface area (TPSA) is 55.9 Å². The van der Waals surface area contributed by atoms with Crippen LogP contribution >= 0.6 is 0 Å². The van der Waals surface area contributed by atoms with E-state index in [-0.39, 0.29) is 11.6 Å². The minimum atomic E-state index is -0.0424. The normalized spacial score (nSPS) is 31.5. The lowest BCUT2D eigenvalue weighted by Gasteiger charge is -2.49. The van der Waals surface area contributed by atoms with Crippen LogP contribution in [-0.2, 0) is 4.79 Å². The molecule has 2 heterocycles. The van der Waals surface area contributed by atoms with Crippen molar-refractivity contribution in [3.05, 3.63) is 0 Å². The van der Waals surface area contributed by atoms with Gasteiger partial charge in [0.15, 0.2) is 0 Å². The first kappa shape index (κ1) is 18.1. The van der Waals surface area contributed by atoms with Crippen molar-refractivity contribution in [1.82, 2.24) is 20.0 Å². The van der Waals surface area contributed by atoms with Crippen molar-refractivity contribution < 1.29 is 9.59 Å². The van der Waals surface area contributed by atoms with E-state index in [0.29, 0.717) is 18.4 Å². The number of nitrogens with zero attached hydrogens (tertiary/aromatic N) is 3. The molecule has 26 heavy (non-hydrogen) atoms. The van der Waals surface area contributed by atoms with Crippen LogP contribution in [0.3, 0.4) is 0 Å². The van der Waals surface area contributed by atoms with Gasteiger partial charge in [0.05, 0.1) is 0 Å². The van der Waals surface area contributed by atoms with Gasteiger partial charge in [0.2, 0.25) is 5.91 Å². The van der Waals surface area contributed by atoms with Gasteiger partial charge in [0, 0.05) is 50.7 Å². The van der Waals surface area contributed by atoms with E-state index in [1.807, 2.05) is 4.90 Å². The number of piperazine rings is 1. The number of carbonyl (C=O) groups is 2. The third-order valence-electron chi connectivity index (χ3n) is 7.15. The molecular weight excluding hydrogens is 328 g/mol. The van der Waals surface area contributed by atoms with Crippen LogP contribution in [0.4, 0.5) is 4.79 Å². The first-order chi connectivity index (χ1) is 12.6. The molecule has 4 aliphatic rings. The van der Waals surface area contributed by atoms with Crippen LogP contribution in [0.15, 0.2) is 0 Å². The third-order valence-corrected chi connectivity index (χ3v) is 7.15. The lowest BCUT2D eigenvalue weighted by molar-refractivity contribution is -0.130. The highest BCUT2D eigenvalue weighted by atomic mass is 16.2. The molecule has 2 saturated heterocycles. The number of urea groups is 1. The average Bonchev–Trinajstić information content (AvgIpc) is 3.34. The second-order valence-corrected chi connectivity index (χ2v) is 9.03. The van der Waals surface area contributed by atoms with Crippen molar-refractivity contribution >= 4 is 11.9 Å². The maximum atomic E-state index is 12.8. The predicted molar refractivity (Wildman–Crippen MR) is 101 cm³/mol. The van der Waals surface area contributed by atoms with Crippen molar-refractivity contribution in [3.63, 3.8) is 0 Å². The highest BCUT2D eigenvalue weighted by Gasteiger charge is 2.44. The Morgan fingerprint density at radius 1 is 1.12 bits per heavy atom. The molecule has 0 aromatic carbocycles. The molecule has 0 radical (unpaired) electrons. The molecule has 0 aromatic rings. The van der Waals surface area contributed by atoms with Crippen molar-refractivity contribution in [3.8, 4) is 0 Å². The fourth-order valence-electron chi connectivity index (χ4n) is 5.01. The first-order valence-corrected chi connectivity index (χ1v) is 10.6. The summed E-state index contributed by atoms with van der Waals surface area (Å²) in [6.07, 6.45) is 9.74. The molecule has 2 saturated carbocycles. The van der Waals surface area contributed by atoms with Crippen molar-refractivity contribution in [2.24, 2.45) is 5.92 Å². The van der Waals surface area contributed by atoms with E-state index in [9.17, 15) is 9.59 Å². The molecule has 0 aromatic heterocycles. The molecule has 6 heteroatoms. The lowest BCUT2D eigenvalue weighted by atomic mass is 9.86. The Morgan fingerprint density at radius 3 is 2.62 bits per heavy atom. The Balaban J connectivity index is 1.40. The van der Waals surface area contributed by atoms with Crippen LogP contribution in [0, 0.1) is 5.92 Å². The Labute approximate surface area is 157 Å². The minimum absolute atomic E-state index is 0.0424.